The number of fused-ring (bicyclic) bond motifs is 1. The molecule has 1 fully saturated rings. The van der Waals surface area contributed by atoms with E-state index >= 15 is 0 Å². The van der Waals surface area contributed by atoms with Crippen molar-refractivity contribution in [3.8, 4) is 5.75 Å². The Morgan fingerprint density at radius 1 is 1.26 bits per heavy atom. The van der Waals surface area contributed by atoms with Crippen LogP contribution in [0.15, 0.2) is 22.7 Å². The summed E-state index contributed by atoms with van der Waals surface area (Å²) in [4.78, 5) is 0. The highest BCUT2D eigenvalue weighted by Crippen LogP contribution is 2.31. The van der Waals surface area contributed by atoms with E-state index in [-0.39, 0.29) is 0 Å². The highest BCUT2D eigenvalue weighted by Gasteiger charge is 2.23. The van der Waals surface area contributed by atoms with E-state index in [2.05, 4.69) is 45.1 Å². The fourth-order valence-corrected chi connectivity index (χ4v) is 4.41. The molecule has 19 heavy (non-hydrogen) atoms. The molecule has 2 aliphatic heterocycles. The van der Waals surface area contributed by atoms with Gasteiger partial charge in [0.25, 0.3) is 0 Å². The normalized spacial score (nSPS) is 23.1. The maximum atomic E-state index is 5.96. The molecule has 4 heteroatoms. The quantitative estimate of drug-likeness (QED) is 0.905. The van der Waals surface area contributed by atoms with E-state index in [9.17, 15) is 0 Å². The molecule has 104 valence electrons. The third-order valence-corrected chi connectivity index (χ3v) is 5.45. The van der Waals surface area contributed by atoms with Crippen molar-refractivity contribution in [1.82, 2.24) is 5.32 Å². The van der Waals surface area contributed by atoms with Crippen molar-refractivity contribution in [2.75, 3.05) is 24.6 Å². The van der Waals surface area contributed by atoms with E-state index in [1.165, 1.54) is 29.9 Å². The van der Waals surface area contributed by atoms with Crippen LogP contribution in [0.4, 0.5) is 0 Å². The predicted molar refractivity (Wildman–Crippen MR) is 85.2 cm³/mol. The largest absolute Gasteiger partial charge is 0.488 e. The second-order valence-electron chi connectivity index (χ2n) is 5.41. The van der Waals surface area contributed by atoms with E-state index < -0.39 is 0 Å². The number of hydrogen-bond donors (Lipinski definition) is 1. The van der Waals surface area contributed by atoms with Crippen LogP contribution in [0.5, 0.6) is 5.75 Å². The molecule has 1 atom stereocenters. The van der Waals surface area contributed by atoms with Gasteiger partial charge in [0.1, 0.15) is 11.9 Å². The van der Waals surface area contributed by atoms with Gasteiger partial charge in [0, 0.05) is 17.4 Å². The lowest BCUT2D eigenvalue weighted by Gasteiger charge is -2.22. The molecule has 1 unspecified atom stereocenters. The first-order valence-electron chi connectivity index (χ1n) is 7.05. The minimum Gasteiger partial charge on any atom is -0.488 e. The summed E-state index contributed by atoms with van der Waals surface area (Å²) in [7, 11) is 0. The Balaban J connectivity index is 1.43. The second-order valence-corrected chi connectivity index (χ2v) is 7.55. The first-order valence-corrected chi connectivity index (χ1v) is 8.99. The Hall–Kier alpha value is -0.190. The molecule has 0 aliphatic carbocycles. The van der Waals surface area contributed by atoms with Gasteiger partial charge in [-0.3, -0.25) is 0 Å². The number of ether oxygens (including phenoxy) is 1. The van der Waals surface area contributed by atoms with Crippen molar-refractivity contribution >= 4 is 27.7 Å². The van der Waals surface area contributed by atoms with Crippen LogP contribution in [0, 0.1) is 5.92 Å². The second kappa shape index (κ2) is 6.51. The molecular weight excluding hydrogens is 322 g/mol. The van der Waals surface area contributed by atoms with Crippen LogP contribution in [0.3, 0.4) is 0 Å². The molecule has 3 rings (SSSR count). The van der Waals surface area contributed by atoms with Crippen LogP contribution in [0.2, 0.25) is 0 Å². The van der Waals surface area contributed by atoms with E-state index in [4.69, 9.17) is 4.74 Å². The first-order chi connectivity index (χ1) is 9.31. The molecule has 0 saturated carbocycles. The lowest BCUT2D eigenvalue weighted by molar-refractivity contribution is 0.224. The molecule has 0 amide bonds. The SMILES string of the molecule is Brc1ccc2c(c1)CC(CNCC1CCSCC1)O2. The van der Waals surface area contributed by atoms with Crippen molar-refractivity contribution in [2.24, 2.45) is 5.92 Å². The van der Waals surface area contributed by atoms with Crippen LogP contribution < -0.4 is 10.1 Å². The third kappa shape index (κ3) is 3.67. The highest BCUT2D eigenvalue weighted by atomic mass is 79.9. The molecular formula is C15H20BrNOS. The Morgan fingerprint density at radius 2 is 2.11 bits per heavy atom. The van der Waals surface area contributed by atoms with Gasteiger partial charge in [-0.05, 0) is 60.6 Å². The molecule has 0 bridgehead atoms. The summed E-state index contributed by atoms with van der Waals surface area (Å²) < 4.78 is 7.11. The Labute approximate surface area is 127 Å². The van der Waals surface area contributed by atoms with Crippen molar-refractivity contribution in [3.05, 3.63) is 28.2 Å². The maximum Gasteiger partial charge on any atom is 0.123 e. The number of hydrogen-bond acceptors (Lipinski definition) is 3. The average Bonchev–Trinajstić information content (AvgIpc) is 2.82. The molecule has 1 aromatic carbocycles. The molecule has 0 aromatic heterocycles. The molecule has 2 aliphatic rings. The highest BCUT2D eigenvalue weighted by molar-refractivity contribution is 9.10. The Morgan fingerprint density at radius 3 is 2.95 bits per heavy atom. The average molecular weight is 342 g/mol. The monoisotopic (exact) mass is 341 g/mol. The van der Waals surface area contributed by atoms with Crippen molar-refractivity contribution in [3.63, 3.8) is 0 Å². The lowest BCUT2D eigenvalue weighted by atomic mass is 10.0. The standard InChI is InChI=1S/C15H20BrNOS/c16-13-1-2-15-12(7-13)8-14(18-15)10-17-9-11-3-5-19-6-4-11/h1-2,7,11,14,17H,3-6,8-10H2. The predicted octanol–water partition coefficient (Wildman–Crippen LogP) is 3.49. The Bertz CT molecular complexity index is 434. The maximum absolute atomic E-state index is 5.96. The Kier molecular flexibility index (Phi) is 4.72. The summed E-state index contributed by atoms with van der Waals surface area (Å²) in [5, 5.41) is 3.60. The number of benzene rings is 1. The van der Waals surface area contributed by atoms with Crippen molar-refractivity contribution in [1.29, 1.82) is 0 Å². The fraction of sp³-hybridized carbons (Fsp3) is 0.600. The summed E-state index contributed by atoms with van der Waals surface area (Å²) >= 11 is 5.61. The van der Waals surface area contributed by atoms with Gasteiger partial charge >= 0.3 is 0 Å². The van der Waals surface area contributed by atoms with Gasteiger partial charge in [-0.2, -0.15) is 11.8 Å². The van der Waals surface area contributed by atoms with Gasteiger partial charge in [0.15, 0.2) is 0 Å². The van der Waals surface area contributed by atoms with E-state index in [0.717, 1.165) is 35.7 Å². The number of halogens is 1. The van der Waals surface area contributed by atoms with Gasteiger partial charge < -0.3 is 10.1 Å². The molecule has 2 nitrogen and oxygen atoms in total. The van der Waals surface area contributed by atoms with Gasteiger partial charge in [-0.1, -0.05) is 15.9 Å². The topological polar surface area (TPSA) is 21.3 Å². The number of rotatable bonds is 4. The first kappa shape index (κ1) is 13.8. The van der Waals surface area contributed by atoms with Gasteiger partial charge in [-0.25, -0.2) is 0 Å². The van der Waals surface area contributed by atoms with Crippen LogP contribution in [-0.2, 0) is 6.42 Å². The third-order valence-electron chi connectivity index (χ3n) is 3.91. The zero-order valence-corrected chi connectivity index (χ0v) is 13.4. The molecule has 0 spiro atoms. The van der Waals surface area contributed by atoms with Crippen LogP contribution in [0.1, 0.15) is 18.4 Å². The zero-order chi connectivity index (χ0) is 13.1. The van der Waals surface area contributed by atoms with E-state index in [1.54, 1.807) is 0 Å². The summed E-state index contributed by atoms with van der Waals surface area (Å²) in [5.41, 5.74) is 1.33. The number of nitrogens with one attached hydrogen (secondary N) is 1. The van der Waals surface area contributed by atoms with Crippen LogP contribution in [0.25, 0.3) is 0 Å². The summed E-state index contributed by atoms with van der Waals surface area (Å²) in [6.45, 7) is 2.12. The lowest BCUT2D eigenvalue weighted by Crippen LogP contribution is -2.34. The minimum absolute atomic E-state index is 0.308. The zero-order valence-electron chi connectivity index (χ0n) is 11.0. The molecule has 1 saturated heterocycles. The van der Waals surface area contributed by atoms with Crippen LogP contribution >= 0.6 is 27.7 Å². The van der Waals surface area contributed by atoms with Crippen LogP contribution in [-0.4, -0.2) is 30.7 Å². The van der Waals surface area contributed by atoms with Gasteiger partial charge in [0.05, 0.1) is 0 Å². The minimum atomic E-state index is 0.308. The molecule has 0 radical (unpaired) electrons. The van der Waals surface area contributed by atoms with Crippen molar-refractivity contribution < 1.29 is 4.74 Å². The number of thioether (sulfide) groups is 1. The summed E-state index contributed by atoms with van der Waals surface area (Å²) in [6.07, 6.45) is 4.08. The fourth-order valence-electron chi connectivity index (χ4n) is 2.80. The van der Waals surface area contributed by atoms with Gasteiger partial charge in [0.2, 0.25) is 0 Å². The molecule has 1 aromatic rings. The van der Waals surface area contributed by atoms with E-state index in [1.807, 2.05) is 6.07 Å². The molecule has 1 N–H and O–H groups in total. The summed E-state index contributed by atoms with van der Waals surface area (Å²) in [5.74, 6) is 4.61. The smallest absolute Gasteiger partial charge is 0.123 e. The van der Waals surface area contributed by atoms with Gasteiger partial charge in [-0.15, -0.1) is 0 Å². The van der Waals surface area contributed by atoms with Crippen molar-refractivity contribution in [2.45, 2.75) is 25.4 Å². The molecule has 2 heterocycles. The van der Waals surface area contributed by atoms with E-state index in [0.29, 0.717) is 6.10 Å². The summed E-state index contributed by atoms with van der Waals surface area (Å²) in [6, 6.07) is 6.29.